The monoisotopic (exact) mass is 308 g/mol. The smallest absolute Gasteiger partial charge is 0.169 e. The molecule has 0 aliphatic heterocycles. The molecule has 0 saturated carbocycles. The van der Waals surface area contributed by atoms with Crippen molar-refractivity contribution in [3.63, 3.8) is 0 Å². The van der Waals surface area contributed by atoms with Crippen molar-refractivity contribution in [2.24, 2.45) is 5.73 Å². The van der Waals surface area contributed by atoms with Crippen LogP contribution in [0.25, 0.3) is 0 Å². The molecule has 1 unspecified atom stereocenters. The molecule has 0 fully saturated rings. The summed E-state index contributed by atoms with van der Waals surface area (Å²) in [6.07, 6.45) is 0. The lowest BCUT2D eigenvalue weighted by Gasteiger charge is -2.25. The summed E-state index contributed by atoms with van der Waals surface area (Å²) in [6, 6.07) is 14.3. The first-order chi connectivity index (χ1) is 8.70. The Labute approximate surface area is 116 Å². The molecule has 0 saturated heterocycles. The number of likely N-dealkylation sites (N-methyl/N-ethyl adjacent to an activating group) is 1. The molecule has 4 heteroatoms. The van der Waals surface area contributed by atoms with Crippen molar-refractivity contribution < 1.29 is 4.42 Å². The third-order valence-electron chi connectivity index (χ3n) is 2.95. The maximum absolute atomic E-state index is 5.85. The summed E-state index contributed by atoms with van der Waals surface area (Å²) in [7, 11) is 2.06. The van der Waals surface area contributed by atoms with E-state index in [9.17, 15) is 0 Å². The molecule has 1 atom stereocenters. The van der Waals surface area contributed by atoms with Gasteiger partial charge >= 0.3 is 0 Å². The molecule has 0 bridgehead atoms. The van der Waals surface area contributed by atoms with Crippen LogP contribution in [0.5, 0.6) is 0 Å². The molecule has 1 aromatic carbocycles. The van der Waals surface area contributed by atoms with Gasteiger partial charge in [0.25, 0.3) is 0 Å². The van der Waals surface area contributed by atoms with Gasteiger partial charge in [0.15, 0.2) is 4.67 Å². The molecule has 1 aromatic heterocycles. The van der Waals surface area contributed by atoms with E-state index in [0.717, 1.165) is 17.0 Å². The molecule has 2 aromatic rings. The highest BCUT2D eigenvalue weighted by Gasteiger charge is 2.18. The van der Waals surface area contributed by atoms with Gasteiger partial charge in [0, 0.05) is 13.1 Å². The van der Waals surface area contributed by atoms with Crippen LogP contribution in [0.2, 0.25) is 0 Å². The van der Waals surface area contributed by atoms with E-state index in [-0.39, 0.29) is 6.04 Å². The van der Waals surface area contributed by atoms with Gasteiger partial charge in [-0.3, -0.25) is 4.90 Å². The van der Waals surface area contributed by atoms with Crippen molar-refractivity contribution in [1.29, 1.82) is 0 Å². The summed E-state index contributed by atoms with van der Waals surface area (Å²) < 4.78 is 6.33. The number of hydrogen-bond donors (Lipinski definition) is 1. The Hall–Kier alpha value is -1.10. The molecule has 1 heterocycles. The minimum Gasteiger partial charge on any atom is -0.453 e. The van der Waals surface area contributed by atoms with Crippen molar-refractivity contribution in [2.75, 3.05) is 13.6 Å². The zero-order chi connectivity index (χ0) is 13.0. The topological polar surface area (TPSA) is 42.4 Å². The molecule has 0 spiro atoms. The Kier molecular flexibility index (Phi) is 4.58. The van der Waals surface area contributed by atoms with Gasteiger partial charge in [-0.05, 0) is 40.7 Å². The molecular formula is C14H17BrN2O. The highest BCUT2D eigenvalue weighted by Crippen LogP contribution is 2.24. The molecule has 2 rings (SSSR count). The first kappa shape index (κ1) is 13.3. The second-order valence-corrected chi connectivity index (χ2v) is 5.08. The van der Waals surface area contributed by atoms with Crippen molar-refractivity contribution in [3.05, 3.63) is 58.5 Å². The van der Waals surface area contributed by atoms with E-state index < -0.39 is 0 Å². The summed E-state index contributed by atoms with van der Waals surface area (Å²) in [5.74, 6) is 0.891. The van der Waals surface area contributed by atoms with Crippen LogP contribution < -0.4 is 5.73 Å². The van der Waals surface area contributed by atoms with Crippen molar-refractivity contribution in [3.8, 4) is 0 Å². The third-order valence-corrected chi connectivity index (χ3v) is 3.38. The lowest BCUT2D eigenvalue weighted by molar-refractivity contribution is 0.211. The molecular weight excluding hydrogens is 292 g/mol. The van der Waals surface area contributed by atoms with E-state index in [1.165, 1.54) is 5.56 Å². The molecule has 0 amide bonds. The van der Waals surface area contributed by atoms with E-state index in [4.69, 9.17) is 10.2 Å². The summed E-state index contributed by atoms with van der Waals surface area (Å²) in [5, 5.41) is 0. The minimum absolute atomic E-state index is 0.0940. The van der Waals surface area contributed by atoms with Gasteiger partial charge in [-0.15, -0.1) is 0 Å². The first-order valence-electron chi connectivity index (χ1n) is 5.90. The highest BCUT2D eigenvalue weighted by molar-refractivity contribution is 9.10. The second kappa shape index (κ2) is 6.18. The van der Waals surface area contributed by atoms with Crippen LogP contribution in [0, 0.1) is 0 Å². The Balaban J connectivity index is 2.08. The van der Waals surface area contributed by atoms with Crippen LogP contribution in [0.15, 0.2) is 51.6 Å². The number of rotatable bonds is 5. The minimum atomic E-state index is 0.0940. The Morgan fingerprint density at radius 3 is 2.50 bits per heavy atom. The molecule has 3 nitrogen and oxygen atoms in total. The predicted molar refractivity (Wildman–Crippen MR) is 76.1 cm³/mol. The van der Waals surface area contributed by atoms with Gasteiger partial charge in [-0.25, -0.2) is 0 Å². The van der Waals surface area contributed by atoms with Crippen LogP contribution in [-0.2, 0) is 6.54 Å². The number of furan rings is 1. The van der Waals surface area contributed by atoms with Crippen LogP contribution >= 0.6 is 15.9 Å². The van der Waals surface area contributed by atoms with E-state index >= 15 is 0 Å². The standard InChI is InChI=1S/C14H17BrN2O/c1-17(10-11-5-3-2-4-6-11)12(9-16)13-7-8-14(15)18-13/h2-8,12H,9-10,16H2,1H3. The molecule has 0 aliphatic carbocycles. The predicted octanol–water partition coefficient (Wildman–Crippen LogP) is 3.17. The Morgan fingerprint density at radius 2 is 1.94 bits per heavy atom. The van der Waals surface area contributed by atoms with Gasteiger partial charge in [0.2, 0.25) is 0 Å². The van der Waals surface area contributed by atoms with Gasteiger partial charge in [0.1, 0.15) is 5.76 Å². The number of benzene rings is 1. The van der Waals surface area contributed by atoms with Gasteiger partial charge in [-0.2, -0.15) is 0 Å². The Morgan fingerprint density at radius 1 is 1.22 bits per heavy atom. The van der Waals surface area contributed by atoms with Crippen LogP contribution in [-0.4, -0.2) is 18.5 Å². The molecule has 2 N–H and O–H groups in total. The summed E-state index contributed by atoms with van der Waals surface area (Å²) in [4.78, 5) is 2.20. The van der Waals surface area contributed by atoms with E-state index in [1.807, 2.05) is 30.3 Å². The normalized spacial score (nSPS) is 12.9. The zero-order valence-corrected chi connectivity index (χ0v) is 11.9. The fourth-order valence-corrected chi connectivity index (χ4v) is 2.32. The summed E-state index contributed by atoms with van der Waals surface area (Å²) >= 11 is 3.32. The molecule has 96 valence electrons. The molecule has 0 radical (unpaired) electrons. The van der Waals surface area contributed by atoms with Crippen molar-refractivity contribution >= 4 is 15.9 Å². The summed E-state index contributed by atoms with van der Waals surface area (Å²) in [6.45, 7) is 1.38. The SMILES string of the molecule is CN(Cc1ccccc1)C(CN)c1ccc(Br)o1. The van der Waals surface area contributed by atoms with E-state index in [0.29, 0.717) is 6.54 Å². The number of hydrogen-bond acceptors (Lipinski definition) is 3. The average molecular weight is 309 g/mol. The van der Waals surface area contributed by atoms with E-state index in [2.05, 4.69) is 40.0 Å². The Bertz CT molecular complexity index is 484. The van der Waals surface area contributed by atoms with Crippen molar-refractivity contribution in [1.82, 2.24) is 4.90 Å². The van der Waals surface area contributed by atoms with Crippen molar-refractivity contribution in [2.45, 2.75) is 12.6 Å². The average Bonchev–Trinajstić information content (AvgIpc) is 2.78. The molecule has 18 heavy (non-hydrogen) atoms. The lowest BCUT2D eigenvalue weighted by atomic mass is 10.1. The third kappa shape index (κ3) is 3.22. The van der Waals surface area contributed by atoms with Gasteiger partial charge < -0.3 is 10.2 Å². The fraction of sp³-hybridized carbons (Fsp3) is 0.286. The maximum Gasteiger partial charge on any atom is 0.169 e. The zero-order valence-electron chi connectivity index (χ0n) is 10.3. The van der Waals surface area contributed by atoms with Crippen LogP contribution in [0.3, 0.4) is 0 Å². The maximum atomic E-state index is 5.85. The van der Waals surface area contributed by atoms with E-state index in [1.54, 1.807) is 0 Å². The first-order valence-corrected chi connectivity index (χ1v) is 6.69. The van der Waals surface area contributed by atoms with Gasteiger partial charge in [-0.1, -0.05) is 30.3 Å². The lowest BCUT2D eigenvalue weighted by Crippen LogP contribution is -2.29. The summed E-state index contributed by atoms with van der Waals surface area (Å²) in [5.41, 5.74) is 7.12. The fourth-order valence-electron chi connectivity index (χ4n) is 2.00. The van der Waals surface area contributed by atoms with Crippen LogP contribution in [0.4, 0.5) is 0 Å². The number of nitrogens with zero attached hydrogens (tertiary/aromatic N) is 1. The number of nitrogens with two attached hydrogens (primary N) is 1. The highest BCUT2D eigenvalue weighted by atomic mass is 79.9. The largest absolute Gasteiger partial charge is 0.453 e. The quantitative estimate of drug-likeness (QED) is 0.922. The molecule has 0 aliphatic rings. The van der Waals surface area contributed by atoms with Crippen LogP contribution in [0.1, 0.15) is 17.4 Å². The second-order valence-electron chi connectivity index (χ2n) is 4.29. The van der Waals surface area contributed by atoms with Gasteiger partial charge in [0.05, 0.1) is 6.04 Å². The number of halogens is 1.